The summed E-state index contributed by atoms with van der Waals surface area (Å²) in [5.74, 6) is 0.484. The molecule has 11 heteroatoms. The quantitative estimate of drug-likeness (QED) is 0.178. The van der Waals surface area contributed by atoms with Gasteiger partial charge in [0.25, 0.3) is 0 Å². The first kappa shape index (κ1) is 38.1. The van der Waals surface area contributed by atoms with Gasteiger partial charge in [0, 0.05) is 30.2 Å². The summed E-state index contributed by atoms with van der Waals surface area (Å²) in [5.41, 5.74) is 0.504. The summed E-state index contributed by atoms with van der Waals surface area (Å²) in [6.07, 6.45) is 4.17. The summed E-state index contributed by atoms with van der Waals surface area (Å²) < 4.78 is 21.7. The van der Waals surface area contributed by atoms with Crippen LogP contribution < -0.4 is 0 Å². The minimum absolute atomic E-state index is 0.0519. The largest absolute Gasteiger partial charge is 0.519 e. The maximum Gasteiger partial charge on any atom is 0.519 e. The molecule has 1 amide bonds. The van der Waals surface area contributed by atoms with Crippen molar-refractivity contribution in [3.63, 3.8) is 0 Å². The number of carbonyl (C=O) groups excluding carboxylic acids is 3. The Hall–Kier alpha value is -3.34. The van der Waals surface area contributed by atoms with Gasteiger partial charge in [-0.3, -0.25) is 4.68 Å². The summed E-state index contributed by atoms with van der Waals surface area (Å²) >= 11 is 0. The summed E-state index contributed by atoms with van der Waals surface area (Å²) in [5, 5.41) is 6.08. The van der Waals surface area contributed by atoms with E-state index in [9.17, 15) is 14.4 Å². The van der Waals surface area contributed by atoms with Crippen molar-refractivity contribution in [2.75, 3.05) is 20.1 Å². The van der Waals surface area contributed by atoms with Gasteiger partial charge in [-0.1, -0.05) is 13.0 Å². The number of fused-ring (bicyclic) bond motifs is 1. The highest BCUT2D eigenvalue weighted by atomic mass is 16.8. The Bertz CT molecular complexity index is 1370. The summed E-state index contributed by atoms with van der Waals surface area (Å²) in [6.45, 7) is 24.5. The number of nitrogens with zero attached hydrogens (tertiary/aromatic N) is 4. The average molecular weight is 659 g/mol. The van der Waals surface area contributed by atoms with Crippen LogP contribution in [0.25, 0.3) is 10.9 Å². The lowest BCUT2D eigenvalue weighted by molar-refractivity contribution is -0.0294. The molecule has 2 fully saturated rings. The van der Waals surface area contributed by atoms with Gasteiger partial charge in [-0.25, -0.2) is 14.4 Å². The van der Waals surface area contributed by atoms with Crippen molar-refractivity contribution in [2.45, 2.75) is 143 Å². The van der Waals surface area contributed by atoms with Crippen molar-refractivity contribution in [1.29, 1.82) is 0 Å². The highest BCUT2D eigenvalue weighted by Crippen LogP contribution is 2.37. The Morgan fingerprint density at radius 3 is 1.96 bits per heavy atom. The zero-order valence-corrected chi connectivity index (χ0v) is 30.9. The van der Waals surface area contributed by atoms with Gasteiger partial charge < -0.3 is 28.7 Å². The van der Waals surface area contributed by atoms with E-state index in [2.05, 4.69) is 66.5 Å². The van der Waals surface area contributed by atoms with Gasteiger partial charge in [-0.05, 0) is 133 Å². The van der Waals surface area contributed by atoms with E-state index in [-0.39, 0.29) is 17.7 Å². The van der Waals surface area contributed by atoms with Gasteiger partial charge in [0.05, 0.1) is 17.6 Å². The van der Waals surface area contributed by atoms with Gasteiger partial charge in [-0.15, -0.1) is 0 Å². The zero-order chi connectivity index (χ0) is 35.5. The summed E-state index contributed by atoms with van der Waals surface area (Å²) in [7, 11) is 2.21. The SMILES string of the molecule is CC(C)(C)OC(=O)OC(=O)OC(C)(C)C.C[C@H]1CC[C@H](c2ccc3nn(C4CCN(C)C(C)(C)C4)cc3c2)N(C(=O)OC(C)(C)C)C1. The second kappa shape index (κ2) is 14.4. The molecule has 1 aromatic heterocycles. The lowest BCUT2D eigenvalue weighted by Crippen LogP contribution is -2.47. The number of aromatic nitrogens is 2. The first-order valence-corrected chi connectivity index (χ1v) is 16.8. The van der Waals surface area contributed by atoms with Crippen molar-refractivity contribution < 1.29 is 33.3 Å². The zero-order valence-electron chi connectivity index (χ0n) is 30.9. The molecule has 0 saturated carbocycles. The number of benzene rings is 1. The number of likely N-dealkylation sites (tertiary alicyclic amines) is 2. The van der Waals surface area contributed by atoms with Crippen LogP contribution in [0.3, 0.4) is 0 Å². The molecule has 1 aromatic carbocycles. The van der Waals surface area contributed by atoms with Gasteiger partial charge in [0.15, 0.2) is 0 Å². The van der Waals surface area contributed by atoms with Crippen LogP contribution in [-0.2, 0) is 18.9 Å². The Labute approximate surface area is 281 Å². The number of piperidine rings is 2. The highest BCUT2D eigenvalue weighted by molar-refractivity contribution is 5.79. The Morgan fingerprint density at radius 2 is 1.43 bits per heavy atom. The van der Waals surface area contributed by atoms with E-state index in [1.165, 1.54) is 5.56 Å². The molecule has 1 unspecified atom stereocenters. The molecular formula is C36H58N4O7. The van der Waals surface area contributed by atoms with Crippen LogP contribution in [0, 0.1) is 5.92 Å². The topological polar surface area (TPSA) is 112 Å². The molecule has 2 saturated heterocycles. The average Bonchev–Trinajstić information content (AvgIpc) is 3.31. The van der Waals surface area contributed by atoms with E-state index in [1.54, 1.807) is 41.5 Å². The molecule has 0 radical (unpaired) electrons. The first-order valence-electron chi connectivity index (χ1n) is 16.8. The molecule has 47 heavy (non-hydrogen) atoms. The van der Waals surface area contributed by atoms with Crippen LogP contribution in [-0.4, -0.2) is 80.5 Å². The van der Waals surface area contributed by atoms with Crippen LogP contribution in [0.2, 0.25) is 0 Å². The van der Waals surface area contributed by atoms with Crippen molar-refractivity contribution in [2.24, 2.45) is 5.92 Å². The minimum atomic E-state index is -1.06. The second-order valence-electron chi connectivity index (χ2n) is 16.7. The number of rotatable bonds is 2. The predicted octanol–water partition coefficient (Wildman–Crippen LogP) is 8.66. The monoisotopic (exact) mass is 658 g/mol. The standard InChI is InChI=1S/C26H40N4O2.C10H18O5/c1-18-8-11-23(29(16-18)24(31)32-25(2,3)4)19-9-10-22-20(14-19)17-30(27-22)21-12-13-28(7)26(5,6)15-21;1-9(2,3)14-7(11)13-8(12)15-10(4,5)6/h9-10,14,17-18,21,23H,8,11-13,15-16H2,1-7H3;1-6H3/t18-,21?,23+;/m0./s1. The number of hydrogen-bond donors (Lipinski definition) is 0. The van der Waals surface area contributed by atoms with Gasteiger partial charge in [0.1, 0.15) is 16.8 Å². The normalized spacial score (nSPS) is 22.1. The molecular weight excluding hydrogens is 600 g/mol. The smallest absolute Gasteiger partial charge is 0.444 e. The molecule has 0 aliphatic carbocycles. The van der Waals surface area contributed by atoms with E-state index in [0.29, 0.717) is 12.0 Å². The van der Waals surface area contributed by atoms with E-state index in [0.717, 1.165) is 49.7 Å². The Kier molecular flexibility index (Phi) is 11.7. The number of ether oxygens (including phenoxy) is 4. The molecule has 3 atom stereocenters. The molecule has 0 bridgehead atoms. The maximum absolute atomic E-state index is 13.0. The molecule has 4 rings (SSSR count). The lowest BCUT2D eigenvalue weighted by Gasteiger charge is -2.43. The van der Waals surface area contributed by atoms with Crippen LogP contribution in [0.5, 0.6) is 0 Å². The number of carbonyl (C=O) groups is 3. The predicted molar refractivity (Wildman–Crippen MR) is 182 cm³/mol. The van der Waals surface area contributed by atoms with Crippen molar-refractivity contribution in [1.82, 2.24) is 19.6 Å². The third-order valence-corrected chi connectivity index (χ3v) is 8.26. The Balaban J connectivity index is 0.000000339. The fraction of sp³-hybridized carbons (Fsp3) is 0.722. The third-order valence-electron chi connectivity index (χ3n) is 8.26. The number of amides is 1. The molecule has 2 aromatic rings. The minimum Gasteiger partial charge on any atom is -0.444 e. The maximum atomic E-state index is 13.0. The number of hydrogen-bond acceptors (Lipinski definition) is 9. The molecule has 264 valence electrons. The van der Waals surface area contributed by atoms with Gasteiger partial charge >= 0.3 is 18.4 Å². The lowest BCUT2D eigenvalue weighted by atomic mass is 9.87. The second-order valence-corrected chi connectivity index (χ2v) is 16.7. The van der Waals surface area contributed by atoms with Crippen molar-refractivity contribution >= 4 is 29.3 Å². The molecule has 2 aliphatic rings. The third kappa shape index (κ3) is 11.7. The fourth-order valence-corrected chi connectivity index (χ4v) is 5.79. The molecule has 11 nitrogen and oxygen atoms in total. The van der Waals surface area contributed by atoms with Crippen molar-refractivity contribution in [3.05, 3.63) is 30.0 Å². The molecule has 3 heterocycles. The van der Waals surface area contributed by atoms with Crippen LogP contribution in [0.15, 0.2) is 24.4 Å². The van der Waals surface area contributed by atoms with Crippen LogP contribution in [0.4, 0.5) is 14.4 Å². The van der Waals surface area contributed by atoms with Crippen LogP contribution >= 0.6 is 0 Å². The van der Waals surface area contributed by atoms with Gasteiger partial charge in [-0.2, -0.15) is 5.10 Å². The molecule has 2 aliphatic heterocycles. The van der Waals surface area contributed by atoms with E-state index < -0.39 is 29.1 Å². The fourth-order valence-electron chi connectivity index (χ4n) is 5.79. The van der Waals surface area contributed by atoms with Crippen molar-refractivity contribution in [3.8, 4) is 0 Å². The summed E-state index contributed by atoms with van der Waals surface area (Å²) in [4.78, 5) is 39.4. The first-order chi connectivity index (χ1) is 21.4. The van der Waals surface area contributed by atoms with E-state index >= 15 is 0 Å². The molecule has 0 N–H and O–H groups in total. The van der Waals surface area contributed by atoms with E-state index in [4.69, 9.17) is 19.3 Å². The Morgan fingerprint density at radius 1 is 0.851 bits per heavy atom. The van der Waals surface area contributed by atoms with Gasteiger partial charge in [0.2, 0.25) is 0 Å². The van der Waals surface area contributed by atoms with Crippen LogP contribution in [0.1, 0.15) is 126 Å². The summed E-state index contributed by atoms with van der Waals surface area (Å²) in [6, 6.07) is 6.97. The highest BCUT2D eigenvalue weighted by Gasteiger charge is 2.35. The molecule has 0 spiro atoms. The van der Waals surface area contributed by atoms with E-state index in [1.807, 2.05) is 25.7 Å².